The number of carbonyl (C=O) groups is 1. The van der Waals surface area contributed by atoms with Crippen LogP contribution in [0.1, 0.15) is 27.4 Å². The highest BCUT2D eigenvalue weighted by molar-refractivity contribution is 6.05. The van der Waals surface area contributed by atoms with Crippen LogP contribution in [0.15, 0.2) is 54.7 Å². The number of rotatable bonds is 4. The predicted octanol–water partition coefficient (Wildman–Crippen LogP) is 3.74. The molecule has 0 saturated heterocycles. The molecule has 4 aromatic rings. The number of aromatic nitrogens is 6. The topological polar surface area (TPSA) is 90.5 Å². The molecule has 158 valence electrons. The van der Waals surface area contributed by atoms with Gasteiger partial charge in [0.1, 0.15) is 0 Å². The van der Waals surface area contributed by atoms with Crippen LogP contribution < -0.4 is 5.32 Å². The molecule has 2 heterocycles. The summed E-state index contributed by atoms with van der Waals surface area (Å²) in [6.45, 7) is 3.36. The number of amides is 1. The van der Waals surface area contributed by atoms with Crippen molar-refractivity contribution in [2.45, 2.75) is 20.0 Å². The van der Waals surface area contributed by atoms with E-state index >= 15 is 0 Å². The van der Waals surface area contributed by atoms with Crippen LogP contribution in [0.4, 0.5) is 18.9 Å². The van der Waals surface area contributed by atoms with Crippen LogP contribution in [-0.2, 0) is 6.18 Å². The quantitative estimate of drug-likeness (QED) is 0.536. The minimum atomic E-state index is -4.47. The highest BCUT2D eigenvalue weighted by atomic mass is 19.4. The predicted molar refractivity (Wildman–Crippen MR) is 105 cm³/mol. The lowest BCUT2D eigenvalue weighted by Gasteiger charge is -2.10. The summed E-state index contributed by atoms with van der Waals surface area (Å²) in [5.41, 5.74) is 1.23. The van der Waals surface area contributed by atoms with E-state index < -0.39 is 17.6 Å². The third kappa shape index (κ3) is 4.02. The Bertz CT molecular complexity index is 1260. The van der Waals surface area contributed by atoms with Crippen LogP contribution in [0.5, 0.6) is 0 Å². The van der Waals surface area contributed by atoms with E-state index in [0.29, 0.717) is 22.9 Å². The maximum atomic E-state index is 13.0. The van der Waals surface area contributed by atoms with E-state index in [1.165, 1.54) is 27.7 Å². The summed E-state index contributed by atoms with van der Waals surface area (Å²) in [5, 5.41) is 18.2. The second-order valence-electron chi connectivity index (χ2n) is 6.75. The SMILES string of the molecule is Cc1nnnn1-c1cccc(NC(=O)c2cnn(-c3cccc(C(F)(F)F)c3)c2C)c1. The van der Waals surface area contributed by atoms with Gasteiger partial charge in [0.2, 0.25) is 0 Å². The standard InChI is InChI=1S/C20H16F3N7O/c1-12-18(11-24-29(12)16-7-3-5-14(9-16)20(21,22)23)19(31)25-15-6-4-8-17(10-15)30-13(2)26-27-28-30/h3-11H,1-2H3,(H,25,31). The molecular formula is C20H16F3N7O. The van der Waals surface area contributed by atoms with Gasteiger partial charge in [0.25, 0.3) is 5.91 Å². The molecule has 1 N–H and O–H groups in total. The molecule has 0 fully saturated rings. The molecule has 8 nitrogen and oxygen atoms in total. The average molecular weight is 427 g/mol. The number of benzene rings is 2. The van der Waals surface area contributed by atoms with Crippen LogP contribution in [0, 0.1) is 13.8 Å². The molecule has 0 aliphatic rings. The van der Waals surface area contributed by atoms with Gasteiger partial charge in [-0.25, -0.2) is 4.68 Å². The van der Waals surface area contributed by atoms with E-state index in [-0.39, 0.29) is 11.3 Å². The highest BCUT2D eigenvalue weighted by Gasteiger charge is 2.30. The molecule has 31 heavy (non-hydrogen) atoms. The Morgan fingerprint density at radius 3 is 2.39 bits per heavy atom. The lowest BCUT2D eigenvalue weighted by atomic mass is 10.2. The van der Waals surface area contributed by atoms with Crippen LogP contribution >= 0.6 is 0 Å². The van der Waals surface area contributed by atoms with Gasteiger partial charge in [-0.3, -0.25) is 4.79 Å². The lowest BCUT2D eigenvalue weighted by Crippen LogP contribution is -2.13. The van der Waals surface area contributed by atoms with Gasteiger partial charge in [0, 0.05) is 5.69 Å². The molecule has 4 rings (SSSR count). The fourth-order valence-electron chi connectivity index (χ4n) is 3.09. The Balaban J connectivity index is 1.59. The van der Waals surface area contributed by atoms with Crippen molar-refractivity contribution in [2.75, 3.05) is 5.32 Å². The largest absolute Gasteiger partial charge is 0.416 e. The molecule has 0 radical (unpaired) electrons. The molecule has 11 heteroatoms. The molecule has 2 aromatic carbocycles. The minimum absolute atomic E-state index is 0.211. The second-order valence-corrected chi connectivity index (χ2v) is 6.75. The van der Waals surface area contributed by atoms with Gasteiger partial charge in [-0.15, -0.1) is 5.10 Å². The van der Waals surface area contributed by atoms with Crippen molar-refractivity contribution in [3.05, 3.63) is 77.4 Å². The molecule has 0 atom stereocenters. The van der Waals surface area contributed by atoms with Gasteiger partial charge in [0.05, 0.1) is 34.4 Å². The van der Waals surface area contributed by atoms with Gasteiger partial charge in [-0.05, 0) is 60.7 Å². The molecule has 2 aromatic heterocycles. The lowest BCUT2D eigenvalue weighted by molar-refractivity contribution is -0.137. The number of nitrogens with one attached hydrogen (secondary N) is 1. The summed E-state index contributed by atoms with van der Waals surface area (Å²) in [7, 11) is 0. The number of alkyl halides is 3. The molecule has 0 saturated carbocycles. The number of hydrogen-bond acceptors (Lipinski definition) is 5. The number of halogens is 3. The first-order chi connectivity index (χ1) is 14.7. The molecule has 0 unspecified atom stereocenters. The summed E-state index contributed by atoms with van der Waals surface area (Å²) in [6.07, 6.45) is -3.15. The zero-order valence-electron chi connectivity index (χ0n) is 16.4. The molecule has 0 aliphatic carbocycles. The normalized spacial score (nSPS) is 11.5. The van der Waals surface area contributed by atoms with Crippen LogP contribution in [0.25, 0.3) is 11.4 Å². The summed E-state index contributed by atoms with van der Waals surface area (Å²) >= 11 is 0. The first-order valence-electron chi connectivity index (χ1n) is 9.13. The zero-order chi connectivity index (χ0) is 22.2. The number of aryl methyl sites for hydroxylation is 1. The van der Waals surface area contributed by atoms with Crippen molar-refractivity contribution in [3.8, 4) is 11.4 Å². The van der Waals surface area contributed by atoms with Gasteiger partial charge >= 0.3 is 6.18 Å². The van der Waals surface area contributed by atoms with E-state index in [9.17, 15) is 18.0 Å². The third-order valence-electron chi connectivity index (χ3n) is 4.65. The van der Waals surface area contributed by atoms with Crippen molar-refractivity contribution < 1.29 is 18.0 Å². The number of hydrogen-bond donors (Lipinski definition) is 1. The monoisotopic (exact) mass is 427 g/mol. The second kappa shape index (κ2) is 7.67. The first kappa shape index (κ1) is 20.3. The maximum Gasteiger partial charge on any atom is 0.416 e. The van der Waals surface area contributed by atoms with Gasteiger partial charge in [0.15, 0.2) is 5.82 Å². The van der Waals surface area contributed by atoms with Crippen molar-refractivity contribution in [2.24, 2.45) is 0 Å². The molecule has 1 amide bonds. The first-order valence-corrected chi connectivity index (χ1v) is 9.13. The molecule has 0 bridgehead atoms. The summed E-state index contributed by atoms with van der Waals surface area (Å²) < 4.78 is 41.9. The van der Waals surface area contributed by atoms with Crippen molar-refractivity contribution in [1.29, 1.82) is 0 Å². The van der Waals surface area contributed by atoms with Crippen LogP contribution in [0.3, 0.4) is 0 Å². The Kier molecular flexibility index (Phi) is 5.01. The smallest absolute Gasteiger partial charge is 0.322 e. The number of tetrazole rings is 1. The summed E-state index contributed by atoms with van der Waals surface area (Å²) in [4.78, 5) is 12.8. The number of nitrogens with zero attached hydrogens (tertiary/aromatic N) is 6. The fourth-order valence-corrected chi connectivity index (χ4v) is 3.09. The van der Waals surface area contributed by atoms with E-state index in [1.54, 1.807) is 38.1 Å². The Hall–Kier alpha value is -4.02. The van der Waals surface area contributed by atoms with E-state index in [2.05, 4.69) is 25.9 Å². The third-order valence-corrected chi connectivity index (χ3v) is 4.65. The molecular weight excluding hydrogens is 411 g/mol. The van der Waals surface area contributed by atoms with Crippen molar-refractivity contribution in [3.63, 3.8) is 0 Å². The summed E-state index contributed by atoms with van der Waals surface area (Å²) in [6, 6.07) is 11.7. The fraction of sp³-hybridized carbons (Fsp3) is 0.150. The Labute approximate surface area is 174 Å². The van der Waals surface area contributed by atoms with Crippen LogP contribution in [0.2, 0.25) is 0 Å². The average Bonchev–Trinajstić information content (AvgIpc) is 3.33. The van der Waals surface area contributed by atoms with Gasteiger partial charge < -0.3 is 5.32 Å². The number of carbonyl (C=O) groups excluding carboxylic acids is 1. The van der Waals surface area contributed by atoms with Crippen LogP contribution in [-0.4, -0.2) is 35.9 Å². The molecule has 0 aliphatic heterocycles. The molecule has 0 spiro atoms. The van der Waals surface area contributed by atoms with Gasteiger partial charge in [-0.2, -0.15) is 23.0 Å². The Morgan fingerprint density at radius 2 is 1.71 bits per heavy atom. The zero-order valence-corrected chi connectivity index (χ0v) is 16.4. The van der Waals surface area contributed by atoms with Crippen molar-refractivity contribution in [1.82, 2.24) is 30.0 Å². The maximum absolute atomic E-state index is 13.0. The van der Waals surface area contributed by atoms with E-state index in [4.69, 9.17) is 0 Å². The van der Waals surface area contributed by atoms with E-state index in [0.717, 1.165) is 12.1 Å². The van der Waals surface area contributed by atoms with Crippen molar-refractivity contribution >= 4 is 11.6 Å². The minimum Gasteiger partial charge on any atom is -0.322 e. The van der Waals surface area contributed by atoms with Gasteiger partial charge in [-0.1, -0.05) is 12.1 Å². The summed E-state index contributed by atoms with van der Waals surface area (Å²) in [5.74, 6) is 0.142. The Morgan fingerprint density at radius 1 is 1.00 bits per heavy atom. The van der Waals surface area contributed by atoms with E-state index in [1.807, 2.05) is 0 Å². The number of anilines is 1. The highest BCUT2D eigenvalue weighted by Crippen LogP contribution is 2.30.